The minimum Gasteiger partial charge on any atom is -0.384 e. The predicted molar refractivity (Wildman–Crippen MR) is 138 cm³/mol. The summed E-state index contributed by atoms with van der Waals surface area (Å²) in [5.41, 5.74) is 1.83. The Hall–Kier alpha value is -3.09. The number of rotatable bonds is 5. The van der Waals surface area contributed by atoms with E-state index in [1.165, 1.54) is 0 Å². The Morgan fingerprint density at radius 3 is 2.49 bits per heavy atom. The van der Waals surface area contributed by atoms with Gasteiger partial charge in [0.05, 0.1) is 25.9 Å². The van der Waals surface area contributed by atoms with Crippen molar-refractivity contribution >= 4 is 25.8 Å². The van der Waals surface area contributed by atoms with E-state index >= 15 is 0 Å². The second-order valence-corrected chi connectivity index (χ2v) is 16.4. The number of aromatic amines is 1. The summed E-state index contributed by atoms with van der Waals surface area (Å²) in [6.45, 7) is 10.7. The lowest BCUT2D eigenvalue weighted by molar-refractivity contribution is -0.121. The molecule has 9 heteroatoms. The molecule has 0 bridgehead atoms. The summed E-state index contributed by atoms with van der Waals surface area (Å²) in [5, 5.41) is 22.5. The van der Waals surface area contributed by atoms with E-state index in [9.17, 15) is 14.7 Å². The Balaban J connectivity index is 1.54. The van der Waals surface area contributed by atoms with Gasteiger partial charge in [0, 0.05) is 10.6 Å². The van der Waals surface area contributed by atoms with Gasteiger partial charge in [-0.25, -0.2) is 4.79 Å². The largest absolute Gasteiger partial charge is 0.384 e. The molecule has 0 saturated heterocycles. The third-order valence-corrected chi connectivity index (χ3v) is 11.3. The van der Waals surface area contributed by atoms with Gasteiger partial charge in [-0.2, -0.15) is 5.10 Å². The van der Waals surface area contributed by atoms with Crippen molar-refractivity contribution in [2.24, 2.45) is 0 Å². The molecule has 2 heterocycles. The highest BCUT2D eigenvalue weighted by molar-refractivity contribution is 6.83. The number of aromatic nitrogens is 2. The average Bonchev–Trinajstić information content (AvgIpc) is 3.27. The topological polar surface area (TPSA) is 110 Å². The number of H-pyrrole nitrogens is 1. The smallest absolute Gasteiger partial charge is 0.319 e. The number of hydrogen-bond donors (Lipinski definition) is 4. The van der Waals surface area contributed by atoms with Gasteiger partial charge < -0.3 is 20.6 Å². The van der Waals surface area contributed by atoms with E-state index in [1.807, 2.05) is 44.2 Å². The van der Waals surface area contributed by atoms with Crippen molar-refractivity contribution in [1.29, 1.82) is 0 Å². The van der Waals surface area contributed by atoms with Crippen molar-refractivity contribution in [2.45, 2.75) is 75.9 Å². The number of aliphatic hydroxyl groups is 1. The highest BCUT2D eigenvalue weighted by Gasteiger charge is 2.54. The fraction of sp³-hybridized carbons (Fsp3) is 0.500. The van der Waals surface area contributed by atoms with Crippen LogP contribution in [0.4, 0.5) is 10.6 Å². The molecule has 4 N–H and O–H groups in total. The first-order chi connectivity index (χ1) is 16.5. The molecule has 1 atom stereocenters. The number of anilines is 1. The first kappa shape index (κ1) is 25.0. The monoisotopic (exact) mass is 493 g/mol. The second-order valence-electron chi connectivity index (χ2n) is 11.0. The van der Waals surface area contributed by atoms with Crippen LogP contribution < -0.4 is 10.6 Å². The van der Waals surface area contributed by atoms with E-state index in [-0.39, 0.29) is 23.6 Å². The molecule has 1 fully saturated rings. The standard InChI is InChI=1S/C26H35N5O3Si/c1-25(2)21-19(22(30-29-21)28-23(33)26(14-10-15-26)35(3,4)5)17-31(25)24(34)27-20(13-9-16-32)18-11-7-6-8-12-18/h6-8,11-12,20,32H,10,14-17H2,1-5H3,(H,27,34)(H2,28,29,30,33). The van der Waals surface area contributed by atoms with E-state index in [2.05, 4.69) is 52.3 Å². The molecule has 8 nitrogen and oxygen atoms in total. The van der Waals surface area contributed by atoms with E-state index in [4.69, 9.17) is 0 Å². The Bertz CT molecular complexity index is 1170. The van der Waals surface area contributed by atoms with Crippen LogP contribution in [0.3, 0.4) is 0 Å². The third-order valence-electron chi connectivity index (χ3n) is 7.75. The van der Waals surface area contributed by atoms with Crippen molar-refractivity contribution < 1.29 is 14.7 Å². The predicted octanol–water partition coefficient (Wildman–Crippen LogP) is 4.11. The molecular formula is C26H35N5O3Si. The lowest BCUT2D eigenvalue weighted by Crippen LogP contribution is -2.52. The number of aliphatic hydroxyl groups excluding tert-OH is 1. The minimum absolute atomic E-state index is 0.0568. The molecule has 1 aromatic carbocycles. The average molecular weight is 494 g/mol. The van der Waals surface area contributed by atoms with Gasteiger partial charge in [0.25, 0.3) is 0 Å². The van der Waals surface area contributed by atoms with Crippen molar-refractivity contribution in [3.05, 3.63) is 47.2 Å². The van der Waals surface area contributed by atoms with Crippen molar-refractivity contribution in [2.75, 3.05) is 11.9 Å². The van der Waals surface area contributed by atoms with Gasteiger partial charge in [0.1, 0.15) is 12.6 Å². The molecule has 0 radical (unpaired) electrons. The number of amides is 3. The normalized spacial score (nSPS) is 18.5. The molecule has 0 spiro atoms. The molecule has 4 rings (SSSR count). The quantitative estimate of drug-likeness (QED) is 0.371. The molecule has 1 aliphatic heterocycles. The van der Waals surface area contributed by atoms with E-state index in [1.54, 1.807) is 4.90 Å². The van der Waals surface area contributed by atoms with Gasteiger partial charge in [-0.15, -0.1) is 0 Å². The van der Waals surface area contributed by atoms with Crippen LogP contribution in [0.2, 0.25) is 24.7 Å². The van der Waals surface area contributed by atoms with Crippen LogP contribution in [-0.2, 0) is 16.9 Å². The first-order valence-electron chi connectivity index (χ1n) is 12.1. The molecule has 35 heavy (non-hydrogen) atoms. The Kier molecular flexibility index (Phi) is 6.55. The number of nitrogens with one attached hydrogen (secondary N) is 3. The summed E-state index contributed by atoms with van der Waals surface area (Å²) in [7, 11) is -1.72. The number of carbonyl (C=O) groups is 2. The maximum atomic E-state index is 13.4. The highest BCUT2D eigenvalue weighted by atomic mass is 28.3. The maximum absolute atomic E-state index is 13.4. The van der Waals surface area contributed by atoms with Gasteiger partial charge in [-0.1, -0.05) is 68.2 Å². The molecule has 1 aliphatic carbocycles. The molecule has 2 aromatic rings. The van der Waals surface area contributed by atoms with Gasteiger partial charge in [-0.3, -0.25) is 9.89 Å². The van der Waals surface area contributed by atoms with Crippen molar-refractivity contribution in [3.63, 3.8) is 0 Å². The number of hydrogen-bond acceptors (Lipinski definition) is 4. The highest BCUT2D eigenvalue weighted by Crippen LogP contribution is 2.56. The van der Waals surface area contributed by atoms with Gasteiger partial charge in [-0.05, 0) is 32.3 Å². The van der Waals surface area contributed by atoms with Crippen LogP contribution in [0.25, 0.3) is 0 Å². The summed E-state index contributed by atoms with van der Waals surface area (Å²) in [6.07, 6.45) is 2.94. The van der Waals surface area contributed by atoms with Crippen LogP contribution in [-0.4, -0.2) is 46.8 Å². The van der Waals surface area contributed by atoms with Gasteiger partial charge >= 0.3 is 6.03 Å². The lowest BCUT2D eigenvalue weighted by atomic mass is 9.83. The third kappa shape index (κ3) is 4.37. The first-order valence-corrected chi connectivity index (χ1v) is 15.6. The minimum atomic E-state index is -1.72. The SMILES string of the molecule is CC1(C)c2[nH]nc(NC(=O)C3([Si](C)(C)C)CCC3)c2CN1C(=O)NC(C#CCO)c1ccccc1. The summed E-state index contributed by atoms with van der Waals surface area (Å²) in [5.74, 6) is 6.16. The number of nitrogens with zero attached hydrogens (tertiary/aromatic N) is 2. The number of fused-ring (bicyclic) bond motifs is 1. The molecule has 1 unspecified atom stereocenters. The van der Waals surface area contributed by atoms with Crippen LogP contribution in [0.1, 0.15) is 56.0 Å². The number of urea groups is 1. The van der Waals surface area contributed by atoms with Gasteiger partial charge in [0.15, 0.2) is 5.82 Å². The fourth-order valence-corrected chi connectivity index (χ4v) is 7.81. The lowest BCUT2D eigenvalue weighted by Gasteiger charge is -2.48. The molecule has 1 saturated carbocycles. The molecular weight excluding hydrogens is 458 g/mol. The molecule has 186 valence electrons. The zero-order valence-corrected chi connectivity index (χ0v) is 22.2. The van der Waals surface area contributed by atoms with Crippen LogP contribution in [0, 0.1) is 11.8 Å². The van der Waals surface area contributed by atoms with Gasteiger partial charge in [0.2, 0.25) is 5.91 Å². The zero-order chi connectivity index (χ0) is 25.4. The molecule has 1 aromatic heterocycles. The second kappa shape index (κ2) is 9.17. The van der Waals surface area contributed by atoms with E-state index < -0.39 is 19.7 Å². The summed E-state index contributed by atoms with van der Waals surface area (Å²) < 4.78 is 0. The van der Waals surface area contributed by atoms with E-state index in [0.29, 0.717) is 12.4 Å². The summed E-state index contributed by atoms with van der Waals surface area (Å²) >= 11 is 0. The summed E-state index contributed by atoms with van der Waals surface area (Å²) in [4.78, 5) is 28.5. The van der Waals surface area contributed by atoms with Crippen molar-refractivity contribution in [1.82, 2.24) is 20.4 Å². The Morgan fingerprint density at radius 2 is 1.91 bits per heavy atom. The Morgan fingerprint density at radius 1 is 1.23 bits per heavy atom. The zero-order valence-electron chi connectivity index (χ0n) is 21.2. The van der Waals surface area contributed by atoms with Crippen LogP contribution in [0.5, 0.6) is 0 Å². The fourth-order valence-electron chi connectivity index (χ4n) is 5.22. The summed E-state index contributed by atoms with van der Waals surface area (Å²) in [6, 6.07) is 8.61. The number of carbonyl (C=O) groups excluding carboxylic acids is 2. The molecule has 2 aliphatic rings. The van der Waals surface area contributed by atoms with Crippen LogP contribution >= 0.6 is 0 Å². The molecule has 3 amide bonds. The van der Waals surface area contributed by atoms with Crippen molar-refractivity contribution in [3.8, 4) is 11.8 Å². The number of benzene rings is 1. The maximum Gasteiger partial charge on any atom is 0.319 e. The Labute approximate surface area is 207 Å². The van der Waals surface area contributed by atoms with E-state index in [0.717, 1.165) is 36.1 Å². The van der Waals surface area contributed by atoms with Crippen LogP contribution in [0.15, 0.2) is 30.3 Å².